The van der Waals surface area contributed by atoms with Crippen molar-refractivity contribution in [3.63, 3.8) is 0 Å². The minimum absolute atomic E-state index is 0.309. The van der Waals surface area contributed by atoms with Gasteiger partial charge in [0.2, 0.25) is 0 Å². The summed E-state index contributed by atoms with van der Waals surface area (Å²) in [4.78, 5) is 32.8. The summed E-state index contributed by atoms with van der Waals surface area (Å²) in [5.74, 6) is 0.750. The van der Waals surface area contributed by atoms with Crippen molar-refractivity contribution in [2.45, 2.75) is 32.8 Å². The summed E-state index contributed by atoms with van der Waals surface area (Å²) in [5, 5.41) is 8.47. The second-order valence-electron chi connectivity index (χ2n) is 8.09. The summed E-state index contributed by atoms with van der Waals surface area (Å²) >= 11 is 6.09. The topological polar surface area (TPSA) is 114 Å². The normalized spacial score (nSPS) is 11.0. The number of hydrogen-bond acceptors (Lipinski definition) is 6. The number of carbonyl (C=O) groups is 2. The molecule has 0 bridgehead atoms. The van der Waals surface area contributed by atoms with E-state index in [0.717, 1.165) is 5.52 Å². The number of alkyl carbamates (subject to hydrolysis) is 1. The molecule has 3 amide bonds. The predicted molar refractivity (Wildman–Crippen MR) is 128 cm³/mol. The maximum absolute atomic E-state index is 12.5. The molecule has 0 fully saturated rings. The molecule has 3 N–H and O–H groups in total. The van der Waals surface area contributed by atoms with Crippen LogP contribution < -0.4 is 20.7 Å². The van der Waals surface area contributed by atoms with Crippen molar-refractivity contribution in [3.8, 4) is 5.75 Å². The molecule has 3 rings (SSSR count). The fourth-order valence-electron chi connectivity index (χ4n) is 2.77. The quantitative estimate of drug-likeness (QED) is 0.407. The zero-order chi connectivity index (χ0) is 23.8. The van der Waals surface area contributed by atoms with Crippen molar-refractivity contribution in [1.29, 1.82) is 0 Å². The molecule has 0 saturated carbocycles. The second-order valence-corrected chi connectivity index (χ2v) is 8.53. The van der Waals surface area contributed by atoms with Gasteiger partial charge >= 0.3 is 12.1 Å². The fourth-order valence-corrected chi connectivity index (χ4v) is 2.94. The average Bonchev–Trinajstić information content (AvgIpc) is 2.73. The maximum atomic E-state index is 12.5. The number of nitrogens with one attached hydrogen (secondary N) is 3. The Balaban J connectivity index is 1.53. The van der Waals surface area contributed by atoms with E-state index in [4.69, 9.17) is 21.1 Å². The van der Waals surface area contributed by atoms with Crippen molar-refractivity contribution in [1.82, 2.24) is 15.3 Å². The smallest absolute Gasteiger partial charge is 0.407 e. The molecular formula is C23H26ClN5O4. The minimum atomic E-state index is -0.552. The van der Waals surface area contributed by atoms with Crippen molar-refractivity contribution in [2.24, 2.45) is 0 Å². The van der Waals surface area contributed by atoms with E-state index in [1.807, 2.05) is 24.3 Å². The summed E-state index contributed by atoms with van der Waals surface area (Å²) in [7, 11) is 0. The van der Waals surface area contributed by atoms with Gasteiger partial charge in [0.25, 0.3) is 0 Å². The fraction of sp³-hybridized carbons (Fsp3) is 0.304. The van der Waals surface area contributed by atoms with Crippen LogP contribution in [0, 0.1) is 0 Å². The van der Waals surface area contributed by atoms with Gasteiger partial charge in [-0.3, -0.25) is 10.3 Å². The first-order valence-corrected chi connectivity index (χ1v) is 10.8. The third-order valence-corrected chi connectivity index (χ3v) is 4.36. The van der Waals surface area contributed by atoms with Crippen LogP contribution in [0.3, 0.4) is 0 Å². The van der Waals surface area contributed by atoms with Crippen LogP contribution in [-0.2, 0) is 4.74 Å². The molecule has 0 atom stereocenters. The van der Waals surface area contributed by atoms with E-state index >= 15 is 0 Å². The number of nitrogens with zero attached hydrogens (tertiary/aromatic N) is 2. The Morgan fingerprint density at radius 3 is 2.58 bits per heavy atom. The van der Waals surface area contributed by atoms with E-state index in [1.54, 1.807) is 39.0 Å². The highest BCUT2D eigenvalue weighted by atomic mass is 35.5. The molecule has 0 saturated heterocycles. The number of rotatable bonds is 7. The Kier molecular flexibility index (Phi) is 7.89. The number of benzene rings is 2. The Labute approximate surface area is 196 Å². The van der Waals surface area contributed by atoms with Gasteiger partial charge in [-0.15, -0.1) is 0 Å². The molecule has 0 aliphatic heterocycles. The van der Waals surface area contributed by atoms with Gasteiger partial charge in [-0.1, -0.05) is 23.7 Å². The van der Waals surface area contributed by atoms with Crippen LogP contribution in [0.4, 0.5) is 21.1 Å². The van der Waals surface area contributed by atoms with Crippen LogP contribution in [0.25, 0.3) is 11.0 Å². The van der Waals surface area contributed by atoms with Crippen LogP contribution in [0.2, 0.25) is 5.02 Å². The predicted octanol–water partition coefficient (Wildman–Crippen LogP) is 5.22. The molecule has 174 valence electrons. The van der Waals surface area contributed by atoms with Gasteiger partial charge in [-0.2, -0.15) is 0 Å². The summed E-state index contributed by atoms with van der Waals surface area (Å²) in [6.45, 7) is 6.09. The Hall–Kier alpha value is -3.59. The van der Waals surface area contributed by atoms with Gasteiger partial charge in [0.15, 0.2) is 5.82 Å². The summed E-state index contributed by atoms with van der Waals surface area (Å²) < 4.78 is 10.9. The number of hydrogen-bond donors (Lipinski definition) is 3. The number of ether oxygens (including phenoxy) is 2. The molecule has 0 unspecified atom stereocenters. The average molecular weight is 472 g/mol. The van der Waals surface area contributed by atoms with Crippen LogP contribution in [-0.4, -0.2) is 40.8 Å². The maximum Gasteiger partial charge on any atom is 0.407 e. The van der Waals surface area contributed by atoms with E-state index in [-0.39, 0.29) is 0 Å². The molecule has 0 radical (unpaired) electrons. The lowest BCUT2D eigenvalue weighted by Crippen LogP contribution is -2.33. The molecule has 33 heavy (non-hydrogen) atoms. The third-order valence-electron chi connectivity index (χ3n) is 4.13. The highest BCUT2D eigenvalue weighted by Gasteiger charge is 2.15. The third kappa shape index (κ3) is 7.80. The number of halogens is 1. The Morgan fingerprint density at radius 1 is 1.06 bits per heavy atom. The van der Waals surface area contributed by atoms with Gasteiger partial charge in [-0.05, 0) is 57.5 Å². The number of anilines is 2. The molecule has 1 heterocycles. The Morgan fingerprint density at radius 2 is 1.82 bits per heavy atom. The Bertz CT molecular complexity index is 1130. The van der Waals surface area contributed by atoms with Gasteiger partial charge in [0.05, 0.1) is 29.5 Å². The summed E-state index contributed by atoms with van der Waals surface area (Å²) in [5.41, 5.74) is 1.25. The number of amides is 3. The van der Waals surface area contributed by atoms with E-state index < -0.39 is 17.7 Å². The lowest BCUT2D eigenvalue weighted by Gasteiger charge is -2.19. The van der Waals surface area contributed by atoms with E-state index in [2.05, 4.69) is 25.9 Å². The lowest BCUT2D eigenvalue weighted by atomic mass is 10.2. The summed E-state index contributed by atoms with van der Waals surface area (Å²) in [6, 6.07) is 11.8. The number of fused-ring (bicyclic) bond motifs is 1. The second kappa shape index (κ2) is 10.8. The van der Waals surface area contributed by atoms with Gasteiger partial charge in [-0.25, -0.2) is 14.6 Å². The largest absolute Gasteiger partial charge is 0.491 e. The zero-order valence-electron chi connectivity index (χ0n) is 18.6. The monoisotopic (exact) mass is 471 g/mol. The highest BCUT2D eigenvalue weighted by Crippen LogP contribution is 2.28. The molecule has 0 aliphatic carbocycles. The first-order chi connectivity index (χ1) is 15.7. The van der Waals surface area contributed by atoms with Crippen molar-refractivity contribution in [2.75, 3.05) is 23.8 Å². The highest BCUT2D eigenvalue weighted by molar-refractivity contribution is 6.31. The first-order valence-electron chi connectivity index (χ1n) is 10.4. The van der Waals surface area contributed by atoms with E-state index in [9.17, 15) is 9.59 Å². The SMILES string of the molecule is CC(C)(C)OC(=O)NCCCOc1ccc(Cl)cc1NC(=O)Nc1cnc2ccccc2n1. The molecule has 0 spiro atoms. The zero-order valence-corrected chi connectivity index (χ0v) is 19.4. The number of para-hydroxylation sites is 2. The van der Waals surface area contributed by atoms with E-state index in [1.165, 1.54) is 6.20 Å². The summed E-state index contributed by atoms with van der Waals surface area (Å²) in [6.07, 6.45) is 1.54. The molecule has 2 aromatic carbocycles. The number of urea groups is 1. The first kappa shape index (κ1) is 24.1. The van der Waals surface area contributed by atoms with Gasteiger partial charge in [0, 0.05) is 11.6 Å². The van der Waals surface area contributed by atoms with Crippen molar-refractivity contribution < 1.29 is 19.1 Å². The van der Waals surface area contributed by atoms with Gasteiger partial charge < -0.3 is 20.1 Å². The van der Waals surface area contributed by atoms with Crippen LogP contribution in [0.1, 0.15) is 27.2 Å². The lowest BCUT2D eigenvalue weighted by molar-refractivity contribution is 0.0525. The number of aromatic nitrogens is 2. The van der Waals surface area contributed by atoms with Crippen molar-refractivity contribution >= 4 is 46.3 Å². The molecule has 3 aromatic rings. The van der Waals surface area contributed by atoms with E-state index in [0.29, 0.717) is 47.4 Å². The van der Waals surface area contributed by atoms with Crippen molar-refractivity contribution in [3.05, 3.63) is 53.7 Å². The van der Waals surface area contributed by atoms with Gasteiger partial charge in [0.1, 0.15) is 11.4 Å². The molecule has 1 aromatic heterocycles. The minimum Gasteiger partial charge on any atom is -0.491 e. The van der Waals surface area contributed by atoms with Crippen LogP contribution >= 0.6 is 11.6 Å². The number of carbonyl (C=O) groups excluding carboxylic acids is 2. The molecular weight excluding hydrogens is 446 g/mol. The molecule has 10 heteroatoms. The van der Waals surface area contributed by atoms with Crippen LogP contribution in [0.5, 0.6) is 5.75 Å². The standard InChI is InChI=1S/C23H26ClN5O4/c1-23(2,3)33-22(31)25-11-6-12-32-19-10-9-15(24)13-18(19)28-21(30)29-20-14-26-16-7-4-5-8-17(16)27-20/h4-5,7-10,13-14H,6,11-12H2,1-3H3,(H,25,31)(H2,27,28,29,30). The van der Waals surface area contributed by atoms with Crippen LogP contribution in [0.15, 0.2) is 48.7 Å². The molecule has 9 nitrogen and oxygen atoms in total. The molecule has 0 aliphatic rings.